The number of piperazine rings is 1. The smallest absolute Gasteiger partial charge is 0.404 e. The molecule has 1 fully saturated rings. The van der Waals surface area contributed by atoms with E-state index in [-0.39, 0.29) is 22.4 Å². The molecule has 1 atom stereocenters. The van der Waals surface area contributed by atoms with Crippen LogP contribution in [0.2, 0.25) is 5.02 Å². The van der Waals surface area contributed by atoms with E-state index in [1.165, 1.54) is 11.9 Å². The molecule has 2 heterocycles. The summed E-state index contributed by atoms with van der Waals surface area (Å²) in [5.74, 6) is 0.00508. The molecule has 0 bridgehead atoms. The summed E-state index contributed by atoms with van der Waals surface area (Å²) in [7, 11) is -0.535. The van der Waals surface area contributed by atoms with Gasteiger partial charge in [-0.1, -0.05) is 66.2 Å². The minimum Gasteiger partial charge on any atom is -0.404 e. The minimum absolute atomic E-state index is 0.0420. The molecule has 7 rings (SSSR count). The Bertz CT molecular complexity index is 2490. The van der Waals surface area contributed by atoms with Gasteiger partial charge in [0, 0.05) is 65.5 Å². The molecule has 1 saturated heterocycles. The van der Waals surface area contributed by atoms with E-state index < -0.39 is 22.1 Å². The number of sulfonamides is 1. The molecule has 1 aliphatic heterocycles. The molecular weight excluding hydrogens is 831 g/mol. The summed E-state index contributed by atoms with van der Waals surface area (Å²) in [6.45, 7) is 4.57. The number of fused-ring (bicyclic) bond motifs is 1. The molecule has 314 valence electrons. The van der Waals surface area contributed by atoms with Gasteiger partial charge >= 0.3 is 6.36 Å². The zero-order valence-corrected chi connectivity index (χ0v) is 35.5. The van der Waals surface area contributed by atoms with Gasteiger partial charge in [-0.05, 0) is 104 Å². The monoisotopic (exact) mass is 875 g/mol. The fourth-order valence-corrected chi connectivity index (χ4v) is 9.30. The lowest BCUT2D eigenvalue weighted by Gasteiger charge is -2.36. The summed E-state index contributed by atoms with van der Waals surface area (Å²) >= 11 is 7.97. The van der Waals surface area contributed by atoms with Crippen LogP contribution in [-0.4, -0.2) is 93.2 Å². The third kappa shape index (κ3) is 11.4. The summed E-state index contributed by atoms with van der Waals surface area (Å²) < 4.78 is 75.4. The van der Waals surface area contributed by atoms with Crippen molar-refractivity contribution in [1.82, 2.24) is 19.8 Å². The quantitative estimate of drug-likeness (QED) is 0.0915. The van der Waals surface area contributed by atoms with Crippen molar-refractivity contribution >= 4 is 61.5 Å². The molecule has 10 nitrogen and oxygen atoms in total. The Morgan fingerprint density at radius 3 is 2.33 bits per heavy atom. The number of anilines is 3. The molecule has 6 aromatic rings. The van der Waals surface area contributed by atoms with Crippen molar-refractivity contribution in [3.05, 3.63) is 132 Å². The first-order valence-corrected chi connectivity index (χ1v) is 22.2. The lowest BCUT2D eigenvalue weighted by Crippen LogP contribution is -2.46. The predicted molar refractivity (Wildman–Crippen MR) is 236 cm³/mol. The van der Waals surface area contributed by atoms with Crippen molar-refractivity contribution in [1.29, 1.82) is 0 Å². The van der Waals surface area contributed by atoms with Crippen LogP contribution in [0.3, 0.4) is 0 Å². The molecule has 0 aliphatic carbocycles. The first-order valence-electron chi connectivity index (χ1n) is 19.4. The second-order valence-corrected chi connectivity index (χ2v) is 17.9. The number of benzene rings is 5. The maximum atomic E-state index is 13.9. The van der Waals surface area contributed by atoms with E-state index in [9.17, 15) is 21.6 Å². The van der Waals surface area contributed by atoms with Crippen LogP contribution >= 0.6 is 23.4 Å². The van der Waals surface area contributed by atoms with Gasteiger partial charge in [-0.3, -0.25) is 9.62 Å². The molecule has 0 saturated carbocycles. The molecule has 0 amide bonds. The van der Waals surface area contributed by atoms with Crippen LogP contribution in [0.5, 0.6) is 5.75 Å². The van der Waals surface area contributed by atoms with Gasteiger partial charge in [0.05, 0.1) is 16.1 Å². The molecule has 0 radical (unpaired) electrons. The number of alkyl halides is 3. The molecule has 0 spiro atoms. The highest BCUT2D eigenvalue weighted by molar-refractivity contribution is 7.99. The van der Waals surface area contributed by atoms with Gasteiger partial charge in [0.1, 0.15) is 6.33 Å². The van der Waals surface area contributed by atoms with Gasteiger partial charge in [0.25, 0.3) is 10.0 Å². The average Bonchev–Trinajstić information content (AvgIpc) is 3.22. The Labute approximate surface area is 357 Å². The predicted octanol–water partition coefficient (Wildman–Crippen LogP) is 9.50. The Hall–Kier alpha value is -5.06. The number of aromatic nitrogens is 2. The van der Waals surface area contributed by atoms with Crippen LogP contribution in [0.25, 0.3) is 22.0 Å². The maximum absolute atomic E-state index is 13.9. The third-order valence-corrected chi connectivity index (χ3v) is 12.8. The van der Waals surface area contributed by atoms with E-state index in [1.54, 1.807) is 17.8 Å². The number of thioether (sulfide) groups is 1. The Balaban J connectivity index is 1.06. The van der Waals surface area contributed by atoms with Crippen LogP contribution in [0.4, 0.5) is 30.4 Å². The van der Waals surface area contributed by atoms with E-state index in [0.717, 1.165) is 72.6 Å². The summed E-state index contributed by atoms with van der Waals surface area (Å²) in [4.78, 5) is 16.1. The highest BCUT2D eigenvalue weighted by Crippen LogP contribution is 2.35. The highest BCUT2D eigenvalue weighted by atomic mass is 35.5. The van der Waals surface area contributed by atoms with E-state index in [0.29, 0.717) is 34.6 Å². The summed E-state index contributed by atoms with van der Waals surface area (Å²) in [6, 6.07) is 34.4. The Morgan fingerprint density at radius 2 is 1.62 bits per heavy atom. The summed E-state index contributed by atoms with van der Waals surface area (Å²) in [5, 5.41) is 4.33. The third-order valence-electron chi connectivity index (χ3n) is 10.1. The van der Waals surface area contributed by atoms with Crippen molar-refractivity contribution in [3.63, 3.8) is 0 Å². The molecule has 16 heteroatoms. The molecule has 5 aromatic carbocycles. The Morgan fingerprint density at radius 1 is 0.883 bits per heavy atom. The largest absolute Gasteiger partial charge is 0.573 e. The van der Waals surface area contributed by atoms with Crippen LogP contribution < -0.4 is 19.7 Å². The van der Waals surface area contributed by atoms with Crippen molar-refractivity contribution < 1.29 is 26.3 Å². The molecule has 1 aromatic heterocycles. The molecule has 1 aliphatic rings. The highest BCUT2D eigenvalue weighted by Gasteiger charge is 2.33. The number of halogens is 4. The van der Waals surface area contributed by atoms with Gasteiger partial charge in [0.2, 0.25) is 0 Å². The average molecular weight is 876 g/mol. The van der Waals surface area contributed by atoms with E-state index in [4.69, 9.17) is 11.6 Å². The van der Waals surface area contributed by atoms with Crippen molar-refractivity contribution in [2.45, 2.75) is 35.2 Å². The maximum Gasteiger partial charge on any atom is 0.573 e. The van der Waals surface area contributed by atoms with Crippen LogP contribution in [0.1, 0.15) is 12.0 Å². The van der Waals surface area contributed by atoms with Crippen LogP contribution in [0, 0.1) is 0 Å². The molecule has 60 heavy (non-hydrogen) atoms. The van der Waals surface area contributed by atoms with Gasteiger partial charge in [-0.15, -0.1) is 24.9 Å². The lowest BCUT2D eigenvalue weighted by molar-refractivity contribution is -0.274. The fourth-order valence-electron chi connectivity index (χ4n) is 7.05. The van der Waals surface area contributed by atoms with Gasteiger partial charge in [-0.2, -0.15) is 0 Å². The van der Waals surface area contributed by atoms with Crippen LogP contribution in [0.15, 0.2) is 131 Å². The van der Waals surface area contributed by atoms with E-state index in [1.807, 2.05) is 91.8 Å². The number of hydrogen-bond acceptors (Lipinski definition) is 10. The standard InChI is InChI=1S/C44H45ClF3N7O3S2/c1-53(2)20-19-34(29-59-36-11-7-4-8-12-36)51-41-27-37(15-18-42(41)58-44(46,47)48)60(56,57)52-43-39-17-14-35(26-40(39)49-30-50-43)55-23-21-54(22-24-55)28-32-25-33(45)13-16-38(32)31-9-5-3-6-10-31/h3-18,25-27,30,34,51H,19-24,28-29H2,1-2H3,(H,49,50,52)/t34-/m1/s1. The van der Waals surface area contributed by atoms with E-state index >= 15 is 0 Å². The first kappa shape index (κ1) is 43.0. The summed E-state index contributed by atoms with van der Waals surface area (Å²) in [5.41, 5.74) is 4.84. The molecule has 0 unspecified atom stereocenters. The van der Waals surface area contributed by atoms with Gasteiger partial charge < -0.3 is 19.9 Å². The molecule has 2 N–H and O–H groups in total. The summed E-state index contributed by atoms with van der Waals surface area (Å²) in [6.07, 6.45) is -3.15. The number of rotatable bonds is 16. The van der Waals surface area contributed by atoms with Gasteiger partial charge in [0.15, 0.2) is 11.6 Å². The zero-order chi connectivity index (χ0) is 42.3. The topological polar surface area (TPSA) is 103 Å². The SMILES string of the molecule is CN(C)CC[C@H](CSc1ccccc1)Nc1cc(S(=O)(=O)Nc2ncnc3cc(N4CCN(Cc5cc(Cl)ccc5-c5ccccc5)CC4)ccc23)ccc1OC(F)(F)F. The lowest BCUT2D eigenvalue weighted by atomic mass is 9.99. The Kier molecular flexibility index (Phi) is 13.7. The minimum atomic E-state index is -5.00. The van der Waals surface area contributed by atoms with Crippen LogP contribution in [-0.2, 0) is 16.6 Å². The van der Waals surface area contributed by atoms with E-state index in [2.05, 4.69) is 52.7 Å². The number of nitrogens with zero attached hydrogens (tertiary/aromatic N) is 5. The van der Waals surface area contributed by atoms with Crippen molar-refractivity contribution in [2.24, 2.45) is 0 Å². The first-order chi connectivity index (χ1) is 28.8. The van der Waals surface area contributed by atoms with Crippen molar-refractivity contribution in [3.8, 4) is 16.9 Å². The second-order valence-electron chi connectivity index (χ2n) is 14.7. The normalized spacial score (nSPS) is 14.3. The number of hydrogen-bond donors (Lipinski definition) is 2. The number of ether oxygens (including phenoxy) is 1. The van der Waals surface area contributed by atoms with Gasteiger partial charge in [-0.25, -0.2) is 18.4 Å². The molecular formula is C44H45ClF3N7O3S2. The number of nitrogens with one attached hydrogen (secondary N) is 2. The van der Waals surface area contributed by atoms with Crippen molar-refractivity contribution in [2.75, 3.05) is 67.5 Å². The fraction of sp³-hybridized carbons (Fsp3) is 0.273. The zero-order valence-electron chi connectivity index (χ0n) is 33.1. The second kappa shape index (κ2) is 19.1.